The van der Waals surface area contributed by atoms with E-state index in [9.17, 15) is 13.5 Å². The molecule has 20 heavy (non-hydrogen) atoms. The van der Waals surface area contributed by atoms with Crippen molar-refractivity contribution in [2.45, 2.75) is 31.1 Å². The average Bonchev–Trinajstić information content (AvgIpc) is 2.47. The van der Waals surface area contributed by atoms with Gasteiger partial charge in [-0.05, 0) is 24.5 Å². The number of hydrogen-bond donors (Lipinski definition) is 1. The van der Waals surface area contributed by atoms with Crippen LogP contribution in [-0.2, 0) is 15.8 Å². The van der Waals surface area contributed by atoms with E-state index in [1.54, 1.807) is 24.3 Å². The van der Waals surface area contributed by atoms with Crippen molar-refractivity contribution in [2.24, 2.45) is 0 Å². The van der Waals surface area contributed by atoms with Crippen LogP contribution in [0.4, 0.5) is 0 Å². The van der Waals surface area contributed by atoms with E-state index in [1.807, 2.05) is 6.07 Å². The molecule has 1 unspecified atom stereocenters. The number of hydrogen-bond acceptors (Lipinski definition) is 4. The van der Waals surface area contributed by atoms with Gasteiger partial charge >= 0.3 is 0 Å². The second-order valence-electron chi connectivity index (χ2n) is 4.97. The van der Waals surface area contributed by atoms with Gasteiger partial charge in [0.05, 0.1) is 24.0 Å². The van der Waals surface area contributed by atoms with Gasteiger partial charge in [0.1, 0.15) is 0 Å². The molecule has 1 N–H and O–H groups in total. The molecule has 0 spiro atoms. The first-order valence-electron chi connectivity index (χ1n) is 6.67. The van der Waals surface area contributed by atoms with Crippen molar-refractivity contribution in [1.82, 2.24) is 4.31 Å². The van der Waals surface area contributed by atoms with E-state index < -0.39 is 10.0 Å². The van der Waals surface area contributed by atoms with E-state index in [-0.39, 0.29) is 18.4 Å². The number of aliphatic hydroxyl groups excluding tert-OH is 1. The first-order chi connectivity index (χ1) is 9.58. The van der Waals surface area contributed by atoms with Crippen LogP contribution in [-0.4, -0.2) is 37.0 Å². The molecule has 0 saturated carbocycles. The molecule has 1 atom stereocenters. The Kier molecular flexibility index (Phi) is 4.76. The molecule has 0 aliphatic carbocycles. The number of piperidine rings is 1. The van der Waals surface area contributed by atoms with Crippen LogP contribution in [0.2, 0.25) is 0 Å². The number of sulfonamides is 1. The Labute approximate surface area is 119 Å². The van der Waals surface area contributed by atoms with Gasteiger partial charge in [0.2, 0.25) is 10.0 Å². The van der Waals surface area contributed by atoms with Gasteiger partial charge in [0.15, 0.2) is 0 Å². The third-order valence-electron chi connectivity index (χ3n) is 3.62. The second-order valence-corrected chi connectivity index (χ2v) is 6.89. The van der Waals surface area contributed by atoms with Crippen molar-refractivity contribution in [3.05, 3.63) is 35.4 Å². The molecule has 108 valence electrons. The maximum atomic E-state index is 12.5. The summed E-state index contributed by atoms with van der Waals surface area (Å²) in [5.41, 5.74) is 0.894. The first kappa shape index (κ1) is 15.0. The maximum absolute atomic E-state index is 12.5. The van der Waals surface area contributed by atoms with E-state index in [1.165, 1.54) is 4.31 Å². The number of nitriles is 1. The molecule has 1 aliphatic rings. The molecule has 1 saturated heterocycles. The van der Waals surface area contributed by atoms with Crippen LogP contribution in [0.3, 0.4) is 0 Å². The average molecular weight is 294 g/mol. The van der Waals surface area contributed by atoms with Gasteiger partial charge in [-0.25, -0.2) is 8.42 Å². The third-order valence-corrected chi connectivity index (χ3v) is 5.49. The quantitative estimate of drug-likeness (QED) is 0.905. The molecule has 6 heteroatoms. The van der Waals surface area contributed by atoms with Gasteiger partial charge in [0.25, 0.3) is 0 Å². The van der Waals surface area contributed by atoms with Crippen molar-refractivity contribution >= 4 is 10.0 Å². The fraction of sp³-hybridized carbons (Fsp3) is 0.500. The lowest BCUT2D eigenvalue weighted by Crippen LogP contribution is -2.46. The maximum Gasteiger partial charge on any atom is 0.218 e. The summed E-state index contributed by atoms with van der Waals surface area (Å²) < 4.78 is 26.4. The zero-order chi connectivity index (χ0) is 14.6. The van der Waals surface area contributed by atoms with Gasteiger partial charge in [-0.2, -0.15) is 9.57 Å². The SMILES string of the molecule is N#Cc1ccccc1CS(=O)(=O)N1CCCCC1CO. The predicted molar refractivity (Wildman–Crippen MR) is 75.2 cm³/mol. The van der Waals surface area contributed by atoms with Crippen molar-refractivity contribution in [3.63, 3.8) is 0 Å². The van der Waals surface area contributed by atoms with E-state index in [0.29, 0.717) is 24.1 Å². The van der Waals surface area contributed by atoms with E-state index >= 15 is 0 Å². The molecule has 1 aliphatic heterocycles. The smallest absolute Gasteiger partial charge is 0.218 e. The Morgan fingerprint density at radius 2 is 2.10 bits per heavy atom. The lowest BCUT2D eigenvalue weighted by Gasteiger charge is -2.33. The minimum atomic E-state index is -3.51. The Hall–Kier alpha value is -1.42. The highest BCUT2D eigenvalue weighted by molar-refractivity contribution is 7.88. The third kappa shape index (κ3) is 3.18. The summed E-state index contributed by atoms with van der Waals surface area (Å²) in [6.45, 7) is 0.293. The van der Waals surface area contributed by atoms with E-state index in [4.69, 9.17) is 5.26 Å². The van der Waals surface area contributed by atoms with Gasteiger partial charge in [-0.3, -0.25) is 0 Å². The van der Waals surface area contributed by atoms with Gasteiger partial charge in [-0.1, -0.05) is 24.6 Å². The molecule has 0 amide bonds. The Morgan fingerprint density at radius 3 is 2.80 bits per heavy atom. The van der Waals surface area contributed by atoms with Crippen molar-refractivity contribution in [2.75, 3.05) is 13.2 Å². The summed E-state index contributed by atoms with van der Waals surface area (Å²) in [6.07, 6.45) is 2.44. The molecule has 1 aromatic rings. The summed E-state index contributed by atoms with van der Waals surface area (Å²) in [7, 11) is -3.51. The topological polar surface area (TPSA) is 81.4 Å². The van der Waals surface area contributed by atoms with E-state index in [2.05, 4.69) is 0 Å². The van der Waals surface area contributed by atoms with Crippen LogP contribution in [0.1, 0.15) is 30.4 Å². The summed E-state index contributed by atoms with van der Waals surface area (Å²) >= 11 is 0. The zero-order valence-electron chi connectivity index (χ0n) is 11.2. The Morgan fingerprint density at radius 1 is 1.35 bits per heavy atom. The minimum Gasteiger partial charge on any atom is -0.395 e. The fourth-order valence-corrected chi connectivity index (χ4v) is 4.40. The molecule has 2 rings (SSSR count). The van der Waals surface area contributed by atoms with Crippen molar-refractivity contribution in [3.8, 4) is 6.07 Å². The molecular weight excluding hydrogens is 276 g/mol. The summed E-state index contributed by atoms with van der Waals surface area (Å²) in [5.74, 6) is -0.187. The van der Waals surface area contributed by atoms with Gasteiger partial charge < -0.3 is 5.11 Å². The number of rotatable bonds is 4. The monoisotopic (exact) mass is 294 g/mol. The molecule has 0 bridgehead atoms. The minimum absolute atomic E-state index is 0.154. The number of nitrogens with zero attached hydrogens (tertiary/aromatic N) is 2. The van der Waals surface area contributed by atoms with Crippen LogP contribution < -0.4 is 0 Å². The standard InChI is InChI=1S/C14H18N2O3S/c15-9-12-5-1-2-6-13(12)11-20(18,19)16-8-4-3-7-14(16)10-17/h1-2,5-6,14,17H,3-4,7-8,10-11H2. The Balaban J connectivity index is 2.24. The molecule has 0 radical (unpaired) electrons. The van der Waals surface area contributed by atoms with Gasteiger partial charge in [0, 0.05) is 12.6 Å². The molecule has 0 aromatic heterocycles. The van der Waals surface area contributed by atoms with E-state index in [0.717, 1.165) is 12.8 Å². The lowest BCUT2D eigenvalue weighted by atomic mass is 10.1. The summed E-state index contributed by atoms with van der Waals surface area (Å²) in [4.78, 5) is 0. The van der Waals surface area contributed by atoms with Crippen LogP contribution in [0.25, 0.3) is 0 Å². The number of benzene rings is 1. The summed E-state index contributed by atoms with van der Waals surface area (Å²) in [5, 5.41) is 18.4. The molecule has 1 fully saturated rings. The van der Waals surface area contributed by atoms with Crippen LogP contribution in [0.5, 0.6) is 0 Å². The summed E-state index contributed by atoms with van der Waals surface area (Å²) in [6, 6.07) is 8.40. The lowest BCUT2D eigenvalue weighted by molar-refractivity contribution is 0.155. The zero-order valence-corrected chi connectivity index (χ0v) is 12.0. The fourth-order valence-electron chi connectivity index (χ4n) is 2.56. The predicted octanol–water partition coefficient (Wildman–Crippen LogP) is 1.23. The molecule has 5 nitrogen and oxygen atoms in total. The highest BCUT2D eigenvalue weighted by atomic mass is 32.2. The molecule has 1 aromatic carbocycles. The Bertz CT molecular complexity index is 607. The van der Waals surface area contributed by atoms with Crippen molar-refractivity contribution in [1.29, 1.82) is 5.26 Å². The highest BCUT2D eigenvalue weighted by Gasteiger charge is 2.32. The van der Waals surface area contributed by atoms with Crippen molar-refractivity contribution < 1.29 is 13.5 Å². The second kappa shape index (κ2) is 6.35. The van der Waals surface area contributed by atoms with Gasteiger partial charge in [-0.15, -0.1) is 0 Å². The van der Waals surface area contributed by atoms with Crippen LogP contribution in [0, 0.1) is 11.3 Å². The number of aliphatic hydroxyl groups is 1. The van der Waals surface area contributed by atoms with Crippen LogP contribution >= 0.6 is 0 Å². The highest BCUT2D eigenvalue weighted by Crippen LogP contribution is 2.23. The first-order valence-corrected chi connectivity index (χ1v) is 8.28. The normalized spacial score (nSPS) is 20.5. The molecule has 1 heterocycles. The largest absolute Gasteiger partial charge is 0.395 e. The van der Waals surface area contributed by atoms with Crippen LogP contribution in [0.15, 0.2) is 24.3 Å². The molecular formula is C14H18N2O3S.